The SMILES string of the molecule is COc1ccc(Cc2ccc3cc(C(=O)O)ccc3c2)cc1C12CC3CC(CC(C3)C1)C2. The van der Waals surface area contributed by atoms with E-state index in [0.29, 0.717) is 11.0 Å². The molecule has 4 bridgehead atoms. The molecule has 164 valence electrons. The van der Waals surface area contributed by atoms with Gasteiger partial charge in [0.05, 0.1) is 12.7 Å². The monoisotopic (exact) mass is 426 g/mol. The molecule has 4 fully saturated rings. The third-order valence-corrected chi connectivity index (χ3v) is 8.43. The molecule has 4 saturated carbocycles. The molecule has 1 N–H and O–H groups in total. The van der Waals surface area contributed by atoms with Gasteiger partial charge in [0.2, 0.25) is 0 Å². The third kappa shape index (κ3) is 3.30. The minimum atomic E-state index is -0.883. The van der Waals surface area contributed by atoms with Gasteiger partial charge in [-0.15, -0.1) is 0 Å². The summed E-state index contributed by atoms with van der Waals surface area (Å²) in [6, 6.07) is 18.5. The van der Waals surface area contributed by atoms with Gasteiger partial charge in [-0.3, -0.25) is 0 Å². The standard InChI is InChI=1S/C29H30O3/c1-32-27-7-3-19(8-18-2-4-24-14-25(28(30)31)6-5-23(24)12-18)13-26(27)29-15-20-9-21(16-29)11-22(10-20)17-29/h2-7,12-14,20-22H,8-11,15-17H2,1H3,(H,30,31). The molecule has 0 aliphatic heterocycles. The lowest BCUT2D eigenvalue weighted by Gasteiger charge is -2.57. The fourth-order valence-electron chi connectivity index (χ4n) is 7.49. The number of ether oxygens (including phenoxy) is 1. The molecule has 0 spiro atoms. The van der Waals surface area contributed by atoms with Crippen LogP contribution in [0.25, 0.3) is 10.8 Å². The number of aromatic carboxylic acids is 1. The van der Waals surface area contributed by atoms with Crippen molar-refractivity contribution >= 4 is 16.7 Å². The van der Waals surface area contributed by atoms with E-state index in [2.05, 4.69) is 30.3 Å². The molecule has 3 aromatic rings. The lowest BCUT2D eigenvalue weighted by molar-refractivity contribution is -0.00618. The maximum absolute atomic E-state index is 11.3. The molecular weight excluding hydrogens is 396 g/mol. The first kappa shape index (κ1) is 19.8. The molecule has 4 aliphatic rings. The average Bonchev–Trinajstić information content (AvgIpc) is 2.78. The normalized spacial score (nSPS) is 28.2. The Morgan fingerprint density at radius 3 is 2.12 bits per heavy atom. The second-order valence-electron chi connectivity index (χ2n) is 10.6. The number of hydrogen-bond acceptors (Lipinski definition) is 2. The quantitative estimate of drug-likeness (QED) is 0.500. The Balaban J connectivity index is 1.33. The van der Waals surface area contributed by atoms with Crippen LogP contribution in [0.5, 0.6) is 5.75 Å². The Kier molecular flexibility index (Phi) is 4.57. The molecule has 3 heteroatoms. The van der Waals surface area contributed by atoms with Crippen molar-refractivity contribution in [2.24, 2.45) is 17.8 Å². The van der Waals surface area contributed by atoms with E-state index >= 15 is 0 Å². The molecular formula is C29H30O3. The van der Waals surface area contributed by atoms with E-state index in [0.717, 1.165) is 40.7 Å². The van der Waals surface area contributed by atoms with Crippen molar-refractivity contribution in [1.29, 1.82) is 0 Å². The minimum Gasteiger partial charge on any atom is -0.496 e. The number of carboxylic acids is 1. The highest BCUT2D eigenvalue weighted by Gasteiger charge is 2.52. The van der Waals surface area contributed by atoms with Crippen molar-refractivity contribution in [1.82, 2.24) is 0 Å². The summed E-state index contributed by atoms with van der Waals surface area (Å²) >= 11 is 0. The first-order valence-electron chi connectivity index (χ1n) is 11.9. The molecule has 3 nitrogen and oxygen atoms in total. The van der Waals surface area contributed by atoms with Gasteiger partial charge in [-0.2, -0.15) is 0 Å². The molecule has 0 unspecified atom stereocenters. The van der Waals surface area contributed by atoms with Gasteiger partial charge in [-0.25, -0.2) is 4.79 Å². The lowest BCUT2D eigenvalue weighted by Crippen LogP contribution is -2.48. The fraction of sp³-hybridized carbons (Fsp3) is 0.414. The molecule has 4 aliphatic carbocycles. The second-order valence-corrected chi connectivity index (χ2v) is 10.6. The van der Waals surface area contributed by atoms with Crippen LogP contribution in [0.15, 0.2) is 54.6 Å². The van der Waals surface area contributed by atoms with Crippen molar-refractivity contribution in [3.8, 4) is 5.75 Å². The molecule has 0 amide bonds. The van der Waals surface area contributed by atoms with Crippen molar-refractivity contribution in [3.05, 3.63) is 76.9 Å². The van der Waals surface area contributed by atoms with E-state index in [-0.39, 0.29) is 0 Å². The summed E-state index contributed by atoms with van der Waals surface area (Å²) in [6.45, 7) is 0. The zero-order chi connectivity index (χ0) is 21.9. The second kappa shape index (κ2) is 7.37. The molecule has 3 aromatic carbocycles. The predicted octanol–water partition coefficient (Wildman–Crippen LogP) is 6.61. The third-order valence-electron chi connectivity index (χ3n) is 8.43. The smallest absolute Gasteiger partial charge is 0.335 e. The summed E-state index contributed by atoms with van der Waals surface area (Å²) in [5.41, 5.74) is 4.68. The number of rotatable bonds is 5. The number of hydrogen-bond donors (Lipinski definition) is 1. The maximum Gasteiger partial charge on any atom is 0.335 e. The van der Waals surface area contributed by atoms with Crippen LogP contribution < -0.4 is 4.74 Å². The first-order valence-corrected chi connectivity index (χ1v) is 11.9. The summed E-state index contributed by atoms with van der Waals surface area (Å²) in [5.74, 6) is 2.91. The van der Waals surface area contributed by atoms with Gasteiger partial charge in [-0.05, 0) is 108 Å². The molecule has 32 heavy (non-hydrogen) atoms. The summed E-state index contributed by atoms with van der Waals surface area (Å²) < 4.78 is 5.88. The van der Waals surface area contributed by atoms with E-state index in [4.69, 9.17) is 4.74 Å². The molecule has 0 aromatic heterocycles. The van der Waals surface area contributed by atoms with Crippen LogP contribution in [0.4, 0.5) is 0 Å². The van der Waals surface area contributed by atoms with Gasteiger partial charge < -0.3 is 9.84 Å². The molecule has 0 heterocycles. The highest BCUT2D eigenvalue weighted by molar-refractivity contribution is 5.94. The summed E-state index contributed by atoms with van der Waals surface area (Å²) in [5, 5.41) is 11.3. The highest BCUT2D eigenvalue weighted by atomic mass is 16.5. The predicted molar refractivity (Wildman–Crippen MR) is 127 cm³/mol. The lowest BCUT2D eigenvalue weighted by atomic mass is 9.48. The van der Waals surface area contributed by atoms with Crippen LogP contribution in [0.3, 0.4) is 0 Å². The van der Waals surface area contributed by atoms with Crippen LogP contribution in [-0.4, -0.2) is 18.2 Å². The van der Waals surface area contributed by atoms with Crippen molar-refractivity contribution in [2.75, 3.05) is 7.11 Å². The van der Waals surface area contributed by atoms with Crippen LogP contribution in [-0.2, 0) is 11.8 Å². The van der Waals surface area contributed by atoms with Gasteiger partial charge in [-0.1, -0.05) is 36.4 Å². The summed E-state index contributed by atoms with van der Waals surface area (Å²) in [7, 11) is 1.81. The maximum atomic E-state index is 11.3. The molecule has 0 saturated heterocycles. The number of methoxy groups -OCH3 is 1. The van der Waals surface area contributed by atoms with E-state index in [1.807, 2.05) is 19.2 Å². The Hall–Kier alpha value is -2.81. The van der Waals surface area contributed by atoms with E-state index in [9.17, 15) is 9.90 Å². The van der Waals surface area contributed by atoms with Crippen LogP contribution in [0, 0.1) is 17.8 Å². The van der Waals surface area contributed by atoms with Crippen molar-refractivity contribution < 1.29 is 14.6 Å². The Bertz CT molecular complexity index is 1170. The number of carboxylic acid groups (broad SMARTS) is 1. The van der Waals surface area contributed by atoms with E-state index < -0.39 is 5.97 Å². The van der Waals surface area contributed by atoms with Crippen molar-refractivity contribution in [3.63, 3.8) is 0 Å². The van der Waals surface area contributed by atoms with Crippen LogP contribution >= 0.6 is 0 Å². The van der Waals surface area contributed by atoms with Crippen molar-refractivity contribution in [2.45, 2.75) is 50.4 Å². The molecule has 0 radical (unpaired) electrons. The molecule has 0 atom stereocenters. The first-order chi connectivity index (χ1) is 15.5. The number of fused-ring (bicyclic) bond motifs is 1. The van der Waals surface area contributed by atoms with Gasteiger partial charge in [0.25, 0.3) is 0 Å². The van der Waals surface area contributed by atoms with Gasteiger partial charge in [0, 0.05) is 5.56 Å². The Morgan fingerprint density at radius 1 is 0.875 bits per heavy atom. The van der Waals surface area contributed by atoms with E-state index in [1.165, 1.54) is 55.2 Å². The number of carbonyl (C=O) groups is 1. The zero-order valence-corrected chi connectivity index (χ0v) is 18.6. The van der Waals surface area contributed by atoms with E-state index in [1.54, 1.807) is 12.1 Å². The van der Waals surface area contributed by atoms with Gasteiger partial charge in [0.1, 0.15) is 5.75 Å². The zero-order valence-electron chi connectivity index (χ0n) is 18.6. The fourth-order valence-corrected chi connectivity index (χ4v) is 7.49. The van der Waals surface area contributed by atoms with Gasteiger partial charge in [0.15, 0.2) is 0 Å². The molecule has 7 rings (SSSR count). The largest absolute Gasteiger partial charge is 0.496 e. The highest BCUT2D eigenvalue weighted by Crippen LogP contribution is 2.62. The Morgan fingerprint density at radius 2 is 1.47 bits per heavy atom. The summed E-state index contributed by atoms with van der Waals surface area (Å²) in [4.78, 5) is 11.3. The van der Waals surface area contributed by atoms with Crippen LogP contribution in [0.1, 0.15) is 65.6 Å². The van der Waals surface area contributed by atoms with Gasteiger partial charge >= 0.3 is 5.97 Å². The Labute approximate surface area is 189 Å². The topological polar surface area (TPSA) is 46.5 Å². The summed E-state index contributed by atoms with van der Waals surface area (Å²) in [6.07, 6.45) is 9.22. The number of benzene rings is 3. The van der Waals surface area contributed by atoms with Crippen LogP contribution in [0.2, 0.25) is 0 Å². The minimum absolute atomic E-state index is 0.312. The average molecular weight is 427 g/mol.